The first-order valence-corrected chi connectivity index (χ1v) is 30.3. The van der Waals surface area contributed by atoms with Crippen LogP contribution in [-0.4, -0.2) is 140 Å². The molecule has 0 radical (unpaired) electrons. The molecule has 12 unspecified atom stereocenters. The zero-order valence-corrected chi connectivity index (χ0v) is 47.7. The molecule has 0 spiro atoms. The molecule has 0 aromatic rings. The van der Waals surface area contributed by atoms with Crippen LogP contribution in [0.4, 0.5) is 0 Å². The normalized spacial score (nSPS) is 25.3. The predicted octanol–water partition coefficient (Wildman–Crippen LogP) is 10.5. The number of unbranched alkanes of at least 4 members (excludes halogenated alkanes) is 22. The van der Waals surface area contributed by atoms with Gasteiger partial charge in [0, 0.05) is 6.42 Å². The van der Waals surface area contributed by atoms with E-state index in [2.05, 4.69) is 92.1 Å². The summed E-state index contributed by atoms with van der Waals surface area (Å²) in [5.41, 5.74) is 0. The lowest BCUT2D eigenvalue weighted by molar-refractivity contribution is -0.359. The van der Waals surface area contributed by atoms with Gasteiger partial charge in [0.1, 0.15) is 48.8 Å². The minimum atomic E-state index is -1.80. The molecule has 2 aliphatic rings. The average molecular weight is 1090 g/mol. The Morgan fingerprint density at radius 3 is 1.43 bits per heavy atom. The van der Waals surface area contributed by atoms with Gasteiger partial charge in [-0.15, -0.1) is 0 Å². The number of carbonyl (C=O) groups is 1. The van der Waals surface area contributed by atoms with Crippen LogP contribution in [0.3, 0.4) is 0 Å². The lowest BCUT2D eigenvalue weighted by Gasteiger charge is -2.46. The molecule has 14 heteroatoms. The van der Waals surface area contributed by atoms with Crippen molar-refractivity contribution < 1.29 is 64.6 Å². The van der Waals surface area contributed by atoms with Gasteiger partial charge in [0.2, 0.25) is 5.91 Å². The summed E-state index contributed by atoms with van der Waals surface area (Å²) in [4.78, 5) is 13.3. The van der Waals surface area contributed by atoms with E-state index in [9.17, 15) is 45.6 Å². The highest BCUT2D eigenvalue weighted by Gasteiger charge is 2.51. The summed E-state index contributed by atoms with van der Waals surface area (Å²) in [5.74, 6) is -0.257. The van der Waals surface area contributed by atoms with Crippen molar-refractivity contribution in [1.82, 2.24) is 5.32 Å². The molecule has 0 bridgehead atoms. The van der Waals surface area contributed by atoms with Gasteiger partial charge in [-0.2, -0.15) is 0 Å². The quantitative estimate of drug-likeness (QED) is 0.0204. The van der Waals surface area contributed by atoms with Crippen molar-refractivity contribution in [1.29, 1.82) is 0 Å². The molecule has 0 saturated carbocycles. The van der Waals surface area contributed by atoms with Gasteiger partial charge in [-0.1, -0.05) is 208 Å². The van der Waals surface area contributed by atoms with E-state index in [-0.39, 0.29) is 18.9 Å². The molecule has 12 atom stereocenters. The van der Waals surface area contributed by atoms with Crippen molar-refractivity contribution in [2.24, 2.45) is 0 Å². The van der Waals surface area contributed by atoms with E-state index in [0.29, 0.717) is 12.8 Å². The predicted molar refractivity (Wildman–Crippen MR) is 309 cm³/mol. The van der Waals surface area contributed by atoms with Gasteiger partial charge in [0.25, 0.3) is 0 Å². The summed E-state index contributed by atoms with van der Waals surface area (Å²) in [5, 5.41) is 87.1. The van der Waals surface area contributed by atoms with E-state index in [1.54, 1.807) is 6.08 Å². The lowest BCUT2D eigenvalue weighted by atomic mass is 9.97. The second-order valence-electron chi connectivity index (χ2n) is 21.1. The highest BCUT2D eigenvalue weighted by molar-refractivity contribution is 5.76. The summed E-state index contributed by atoms with van der Waals surface area (Å²) in [7, 11) is 0. The molecule has 2 saturated heterocycles. The van der Waals surface area contributed by atoms with Gasteiger partial charge in [0.15, 0.2) is 12.6 Å². The van der Waals surface area contributed by atoms with Crippen LogP contribution >= 0.6 is 0 Å². The minimum absolute atomic E-state index is 0.257. The number of rotatable bonds is 47. The molecule has 2 aliphatic heterocycles. The van der Waals surface area contributed by atoms with Crippen LogP contribution in [0.5, 0.6) is 0 Å². The maximum Gasteiger partial charge on any atom is 0.220 e. The van der Waals surface area contributed by atoms with Crippen LogP contribution in [0.25, 0.3) is 0 Å². The fraction of sp³-hybridized carbons (Fsp3) is 0.762. The Balaban J connectivity index is 1.74. The smallest absolute Gasteiger partial charge is 0.220 e. The largest absolute Gasteiger partial charge is 0.394 e. The van der Waals surface area contributed by atoms with Crippen molar-refractivity contribution in [2.75, 3.05) is 19.8 Å². The Kier molecular flexibility index (Phi) is 43.7. The molecule has 14 nitrogen and oxygen atoms in total. The van der Waals surface area contributed by atoms with E-state index >= 15 is 0 Å². The summed E-state index contributed by atoms with van der Waals surface area (Å²) in [6.07, 6.45) is 47.7. The number of aliphatic hydroxyl groups excluding tert-OH is 8. The molecule has 1 amide bonds. The van der Waals surface area contributed by atoms with Gasteiger partial charge < -0.3 is 65.1 Å². The van der Waals surface area contributed by atoms with Crippen molar-refractivity contribution in [3.8, 4) is 0 Å². The molecule has 0 aromatic carbocycles. The first kappa shape index (κ1) is 70.3. The van der Waals surface area contributed by atoms with Gasteiger partial charge in [-0.25, -0.2) is 0 Å². The Morgan fingerprint density at radius 1 is 0.481 bits per heavy atom. The first-order valence-electron chi connectivity index (χ1n) is 30.3. The second-order valence-corrected chi connectivity index (χ2v) is 21.1. The fourth-order valence-corrected chi connectivity index (χ4v) is 9.43. The molecule has 2 heterocycles. The van der Waals surface area contributed by atoms with Gasteiger partial charge >= 0.3 is 0 Å². The second kappa shape index (κ2) is 47.9. The molecule has 0 aromatic heterocycles. The topological polar surface area (TPSA) is 228 Å². The molecule has 444 valence electrons. The van der Waals surface area contributed by atoms with Gasteiger partial charge in [0.05, 0.1) is 32.0 Å². The van der Waals surface area contributed by atoms with Crippen molar-refractivity contribution in [2.45, 2.75) is 286 Å². The Bertz CT molecular complexity index is 1610. The average Bonchev–Trinajstić information content (AvgIpc) is 3.43. The molecular formula is C63H109NO13. The first-order chi connectivity index (χ1) is 37.6. The molecule has 2 fully saturated rings. The fourth-order valence-electron chi connectivity index (χ4n) is 9.43. The zero-order chi connectivity index (χ0) is 56.0. The number of aliphatic hydroxyl groups is 8. The third-order valence-electron chi connectivity index (χ3n) is 14.3. The summed E-state index contributed by atoms with van der Waals surface area (Å²) in [6, 6.07) is -0.942. The number of ether oxygens (including phenoxy) is 4. The molecular weight excluding hydrogens is 979 g/mol. The molecule has 9 N–H and O–H groups in total. The Hall–Kier alpha value is -2.83. The molecule has 0 aliphatic carbocycles. The Morgan fingerprint density at radius 2 is 0.909 bits per heavy atom. The van der Waals surface area contributed by atoms with Crippen molar-refractivity contribution in [3.05, 3.63) is 85.1 Å². The van der Waals surface area contributed by atoms with Crippen molar-refractivity contribution >= 4 is 5.91 Å². The van der Waals surface area contributed by atoms with Crippen LogP contribution in [0.2, 0.25) is 0 Å². The van der Waals surface area contributed by atoms with E-state index in [1.807, 2.05) is 6.08 Å². The lowest BCUT2D eigenvalue weighted by Crippen LogP contribution is -2.65. The molecule has 2 rings (SSSR count). The zero-order valence-electron chi connectivity index (χ0n) is 47.7. The highest BCUT2D eigenvalue weighted by atomic mass is 16.7. The number of carbonyl (C=O) groups excluding carboxylic acids is 1. The number of nitrogens with one attached hydrogen (secondary N) is 1. The highest BCUT2D eigenvalue weighted by Crippen LogP contribution is 2.30. The molecule has 77 heavy (non-hydrogen) atoms. The summed E-state index contributed by atoms with van der Waals surface area (Å²) >= 11 is 0. The van der Waals surface area contributed by atoms with Crippen molar-refractivity contribution in [3.63, 3.8) is 0 Å². The van der Waals surface area contributed by atoms with E-state index in [0.717, 1.165) is 70.6 Å². The van der Waals surface area contributed by atoms with Crippen LogP contribution in [0, 0.1) is 0 Å². The van der Waals surface area contributed by atoms with E-state index < -0.39 is 86.8 Å². The third kappa shape index (κ3) is 33.5. The third-order valence-corrected chi connectivity index (χ3v) is 14.3. The van der Waals surface area contributed by atoms with Crippen LogP contribution < -0.4 is 5.32 Å². The van der Waals surface area contributed by atoms with Crippen LogP contribution in [0.1, 0.15) is 213 Å². The Labute approximate surface area is 465 Å². The number of hydrogen-bond acceptors (Lipinski definition) is 13. The summed E-state index contributed by atoms with van der Waals surface area (Å²) < 4.78 is 22.7. The number of hydrogen-bond donors (Lipinski definition) is 9. The summed E-state index contributed by atoms with van der Waals surface area (Å²) in [6.45, 7) is 2.64. The maximum atomic E-state index is 13.3. The van der Waals surface area contributed by atoms with Crippen LogP contribution in [-0.2, 0) is 23.7 Å². The monoisotopic (exact) mass is 1090 g/mol. The SMILES string of the molecule is CC/C=C\C/C=C\C/C=C\C/C=C\CCCCCCCCCCCCCCCCC(=O)NC(COC1OC(CO)C(OC2OC(CO)C(O)C(O)C2O)C(O)C1O)C(O)/C=C/CC/C=C/CC/C=C/CCCCCCCC. The van der Waals surface area contributed by atoms with Crippen LogP contribution in [0.15, 0.2) is 85.1 Å². The number of amides is 1. The minimum Gasteiger partial charge on any atom is -0.394 e. The maximum absolute atomic E-state index is 13.3. The van der Waals surface area contributed by atoms with E-state index in [4.69, 9.17) is 18.9 Å². The van der Waals surface area contributed by atoms with Gasteiger partial charge in [-0.3, -0.25) is 4.79 Å². The van der Waals surface area contributed by atoms with Gasteiger partial charge in [-0.05, 0) is 83.5 Å². The number of allylic oxidation sites excluding steroid dienone is 13. The standard InChI is InChI=1S/C63H109NO13/c1-3-5-7-9-11-13-15-17-19-21-22-23-24-25-26-27-28-29-30-31-33-35-37-39-41-43-45-47-55(68)64-51(52(67)46-44-42-40-38-36-34-32-20-18-16-14-12-10-8-6-4-2)50-74-62-60(73)58(71)61(54(49-66)76-62)77-63-59(72)57(70)56(69)53(48-65)75-63/h5,7,11,13,17-20,22-23,36,38,44,46,51-54,56-63,65-67,69-73H,3-4,6,8-10,12,14-16,21,24-35,37,39-43,45,47-50H2,1-2H3,(H,64,68)/b7-5-,13-11-,19-17-,20-18+,23-22-,38-36+,46-44+. The van der Waals surface area contributed by atoms with E-state index in [1.165, 1.54) is 109 Å².